The lowest BCUT2D eigenvalue weighted by Crippen LogP contribution is -2.40. The Hall–Kier alpha value is -2.01. The van der Waals surface area contributed by atoms with E-state index < -0.39 is 0 Å². The topological polar surface area (TPSA) is 50.2 Å². The number of hydrogen-bond acceptors (Lipinski definition) is 2. The smallest absolute Gasteiger partial charge is 0.317 e. The lowest BCUT2D eigenvalue weighted by molar-refractivity contribution is 0.194. The molecule has 0 atom stereocenters. The molecule has 2 amide bonds. The first-order valence-corrected chi connectivity index (χ1v) is 7.95. The van der Waals surface area contributed by atoms with Crippen LogP contribution >= 0.6 is 11.6 Å². The quantitative estimate of drug-likeness (QED) is 0.922. The van der Waals surface area contributed by atoms with E-state index in [2.05, 4.69) is 16.5 Å². The standard InChI is InChI=1S/C16H17ClN4O/c17-13-3-1-2-4-14(13)18-16(22)20-7-8-21-12(10-20)9-15(19-21)11-5-6-11/h1-4,9,11H,5-8,10H2,(H,18,22). The molecule has 5 nitrogen and oxygen atoms in total. The first-order valence-electron chi connectivity index (χ1n) is 7.58. The lowest BCUT2D eigenvalue weighted by atomic mass is 10.2. The summed E-state index contributed by atoms with van der Waals surface area (Å²) >= 11 is 6.09. The number of fused-ring (bicyclic) bond motifs is 1. The number of nitrogens with zero attached hydrogens (tertiary/aromatic N) is 3. The Bertz CT molecular complexity index is 723. The zero-order valence-electron chi connectivity index (χ0n) is 12.1. The van der Waals surface area contributed by atoms with Crippen molar-refractivity contribution >= 4 is 23.3 Å². The van der Waals surface area contributed by atoms with Crippen LogP contribution in [0.1, 0.15) is 30.1 Å². The average molecular weight is 317 g/mol. The number of benzene rings is 1. The van der Waals surface area contributed by atoms with E-state index in [1.165, 1.54) is 18.5 Å². The molecule has 0 spiro atoms. The van der Waals surface area contributed by atoms with Gasteiger partial charge in [-0.1, -0.05) is 23.7 Å². The van der Waals surface area contributed by atoms with Gasteiger partial charge in [0, 0.05) is 12.5 Å². The van der Waals surface area contributed by atoms with Gasteiger partial charge in [0.2, 0.25) is 0 Å². The van der Waals surface area contributed by atoms with Crippen LogP contribution in [0.4, 0.5) is 10.5 Å². The number of amides is 2. The Kier molecular flexibility index (Phi) is 3.30. The molecular formula is C16H17ClN4O. The number of urea groups is 1. The molecule has 22 heavy (non-hydrogen) atoms. The number of anilines is 1. The molecule has 1 fully saturated rings. The summed E-state index contributed by atoms with van der Waals surface area (Å²) in [6.45, 7) is 2.00. The molecule has 0 radical (unpaired) electrons. The number of carbonyl (C=O) groups excluding carboxylic acids is 1. The van der Waals surface area contributed by atoms with Crippen molar-refractivity contribution in [3.8, 4) is 0 Å². The Morgan fingerprint density at radius 3 is 2.86 bits per heavy atom. The van der Waals surface area contributed by atoms with Gasteiger partial charge in [-0.25, -0.2) is 4.79 Å². The minimum atomic E-state index is -0.117. The highest BCUT2D eigenvalue weighted by Crippen LogP contribution is 2.39. The minimum Gasteiger partial charge on any atom is -0.317 e. The number of aromatic nitrogens is 2. The van der Waals surface area contributed by atoms with Crippen molar-refractivity contribution < 1.29 is 4.79 Å². The van der Waals surface area contributed by atoms with Crippen molar-refractivity contribution in [3.05, 3.63) is 46.7 Å². The molecule has 1 aliphatic carbocycles. The Labute approximate surface area is 133 Å². The van der Waals surface area contributed by atoms with E-state index in [4.69, 9.17) is 11.6 Å². The normalized spacial score (nSPS) is 17.2. The maximum atomic E-state index is 12.4. The maximum Gasteiger partial charge on any atom is 0.322 e. The van der Waals surface area contributed by atoms with E-state index in [1.807, 2.05) is 16.8 Å². The first-order chi connectivity index (χ1) is 10.7. The fourth-order valence-corrected chi connectivity index (χ4v) is 2.98. The first kappa shape index (κ1) is 13.6. The monoisotopic (exact) mass is 316 g/mol. The molecule has 1 aliphatic heterocycles. The minimum absolute atomic E-state index is 0.117. The highest BCUT2D eigenvalue weighted by atomic mass is 35.5. The summed E-state index contributed by atoms with van der Waals surface area (Å²) in [7, 11) is 0. The molecule has 2 heterocycles. The van der Waals surface area contributed by atoms with Crippen LogP contribution in [-0.4, -0.2) is 27.3 Å². The second kappa shape index (κ2) is 5.32. The van der Waals surface area contributed by atoms with Gasteiger partial charge in [-0.05, 0) is 31.0 Å². The van der Waals surface area contributed by atoms with E-state index in [-0.39, 0.29) is 6.03 Å². The molecule has 1 N–H and O–H groups in total. The third kappa shape index (κ3) is 2.57. The third-order valence-corrected chi connectivity index (χ3v) is 4.54. The number of carbonyl (C=O) groups is 1. The van der Waals surface area contributed by atoms with E-state index >= 15 is 0 Å². The Balaban J connectivity index is 1.47. The van der Waals surface area contributed by atoms with Crippen LogP contribution in [0.2, 0.25) is 5.02 Å². The molecule has 1 saturated carbocycles. The number of para-hydroxylation sites is 1. The van der Waals surface area contributed by atoms with Crippen LogP contribution in [0.25, 0.3) is 0 Å². The van der Waals surface area contributed by atoms with Crippen LogP contribution in [-0.2, 0) is 13.1 Å². The van der Waals surface area contributed by atoms with Gasteiger partial charge in [0.05, 0.1) is 35.2 Å². The van der Waals surface area contributed by atoms with Crippen LogP contribution in [0.3, 0.4) is 0 Å². The maximum absolute atomic E-state index is 12.4. The van der Waals surface area contributed by atoms with E-state index in [0.717, 1.165) is 12.2 Å². The molecule has 114 valence electrons. The van der Waals surface area contributed by atoms with Gasteiger partial charge in [-0.3, -0.25) is 4.68 Å². The van der Waals surface area contributed by atoms with Gasteiger partial charge in [-0.15, -0.1) is 0 Å². The van der Waals surface area contributed by atoms with Crippen LogP contribution in [0.5, 0.6) is 0 Å². The molecule has 0 saturated heterocycles. The van der Waals surface area contributed by atoms with E-state index in [9.17, 15) is 4.79 Å². The molecule has 0 unspecified atom stereocenters. The van der Waals surface area contributed by atoms with Crippen molar-refractivity contribution in [1.82, 2.24) is 14.7 Å². The molecule has 4 rings (SSSR count). The second-order valence-corrected chi connectivity index (χ2v) is 6.30. The number of hydrogen-bond donors (Lipinski definition) is 1. The molecule has 6 heteroatoms. The number of halogens is 1. The summed E-state index contributed by atoms with van der Waals surface area (Å²) in [5.74, 6) is 0.642. The van der Waals surface area contributed by atoms with Gasteiger partial charge in [0.1, 0.15) is 0 Å². The molecule has 0 bridgehead atoms. The average Bonchev–Trinajstić information content (AvgIpc) is 3.28. The van der Waals surface area contributed by atoms with Gasteiger partial charge in [-0.2, -0.15) is 5.10 Å². The fraction of sp³-hybridized carbons (Fsp3) is 0.375. The van der Waals surface area contributed by atoms with E-state index in [1.54, 1.807) is 17.0 Å². The van der Waals surface area contributed by atoms with Gasteiger partial charge in [0.15, 0.2) is 0 Å². The third-order valence-electron chi connectivity index (χ3n) is 4.22. The highest BCUT2D eigenvalue weighted by molar-refractivity contribution is 6.33. The van der Waals surface area contributed by atoms with Crippen molar-refractivity contribution in [2.45, 2.75) is 31.8 Å². The van der Waals surface area contributed by atoms with Crippen LogP contribution in [0, 0.1) is 0 Å². The van der Waals surface area contributed by atoms with Gasteiger partial charge < -0.3 is 10.2 Å². The van der Waals surface area contributed by atoms with Crippen LogP contribution < -0.4 is 5.32 Å². The van der Waals surface area contributed by atoms with Crippen molar-refractivity contribution in [2.24, 2.45) is 0 Å². The summed E-state index contributed by atoms with van der Waals surface area (Å²) in [5, 5.41) is 8.07. The molecule has 2 aliphatic rings. The number of nitrogens with one attached hydrogen (secondary N) is 1. The molecule has 1 aromatic carbocycles. The van der Waals surface area contributed by atoms with Crippen molar-refractivity contribution in [1.29, 1.82) is 0 Å². The zero-order chi connectivity index (χ0) is 15.1. The molecular weight excluding hydrogens is 300 g/mol. The van der Waals surface area contributed by atoms with Crippen LogP contribution in [0.15, 0.2) is 30.3 Å². The number of rotatable bonds is 2. The highest BCUT2D eigenvalue weighted by Gasteiger charge is 2.29. The summed E-state index contributed by atoms with van der Waals surface area (Å²) in [4.78, 5) is 14.2. The van der Waals surface area contributed by atoms with Crippen molar-refractivity contribution in [3.63, 3.8) is 0 Å². The summed E-state index contributed by atoms with van der Waals surface area (Å²) in [6.07, 6.45) is 2.49. The lowest BCUT2D eigenvalue weighted by Gasteiger charge is -2.27. The zero-order valence-corrected chi connectivity index (χ0v) is 12.9. The predicted molar refractivity (Wildman–Crippen MR) is 85.1 cm³/mol. The second-order valence-electron chi connectivity index (χ2n) is 5.89. The summed E-state index contributed by atoms with van der Waals surface area (Å²) in [6, 6.07) is 9.30. The molecule has 1 aromatic heterocycles. The Morgan fingerprint density at radius 2 is 2.09 bits per heavy atom. The largest absolute Gasteiger partial charge is 0.322 e. The van der Waals surface area contributed by atoms with Gasteiger partial charge in [0.25, 0.3) is 0 Å². The SMILES string of the molecule is O=C(Nc1ccccc1Cl)N1CCn2nc(C3CC3)cc2C1. The van der Waals surface area contributed by atoms with Crippen molar-refractivity contribution in [2.75, 3.05) is 11.9 Å². The summed E-state index contributed by atoms with van der Waals surface area (Å²) < 4.78 is 2.03. The fourth-order valence-electron chi connectivity index (χ4n) is 2.80. The summed E-state index contributed by atoms with van der Waals surface area (Å²) in [5.41, 5.74) is 2.94. The van der Waals surface area contributed by atoms with Gasteiger partial charge >= 0.3 is 6.03 Å². The predicted octanol–water partition coefficient (Wildman–Crippen LogP) is 3.46. The van der Waals surface area contributed by atoms with E-state index in [0.29, 0.717) is 29.7 Å². The Morgan fingerprint density at radius 1 is 1.27 bits per heavy atom. The molecule has 2 aromatic rings.